The zero-order valence-electron chi connectivity index (χ0n) is 23.5. The normalized spacial score (nSPS) is 11.1. The third-order valence-electron chi connectivity index (χ3n) is 6.38. The van der Waals surface area contributed by atoms with Gasteiger partial charge in [-0.1, -0.05) is 35.9 Å². The summed E-state index contributed by atoms with van der Waals surface area (Å²) in [6.45, 7) is 1.76. The average molecular weight is 599 g/mol. The minimum absolute atomic E-state index is 0.00225. The molecule has 11 nitrogen and oxygen atoms in total. The SMILES string of the molecule is COc1cc(CO)cc(Nc2nc3ccccc3nc2NS(=O)(=O)c2cccc(NC(=O)CNc3ccc(C)cc3)c2)c1. The molecular weight excluding hydrogens is 568 g/mol. The molecule has 1 heterocycles. The van der Waals surface area contributed by atoms with Crippen LogP contribution in [0.2, 0.25) is 0 Å². The van der Waals surface area contributed by atoms with Crippen LogP contribution in [0.1, 0.15) is 11.1 Å². The van der Waals surface area contributed by atoms with Gasteiger partial charge in [0, 0.05) is 23.1 Å². The molecule has 220 valence electrons. The highest BCUT2D eigenvalue weighted by atomic mass is 32.2. The smallest absolute Gasteiger partial charge is 0.263 e. The van der Waals surface area contributed by atoms with Gasteiger partial charge >= 0.3 is 0 Å². The maximum Gasteiger partial charge on any atom is 0.263 e. The number of fused-ring (bicyclic) bond motifs is 1. The van der Waals surface area contributed by atoms with Crippen molar-refractivity contribution in [3.8, 4) is 5.75 Å². The van der Waals surface area contributed by atoms with Crippen molar-refractivity contribution in [2.75, 3.05) is 34.3 Å². The molecule has 12 heteroatoms. The summed E-state index contributed by atoms with van der Waals surface area (Å²) in [6.07, 6.45) is 0. The zero-order valence-corrected chi connectivity index (χ0v) is 24.3. The molecule has 0 radical (unpaired) electrons. The molecule has 0 unspecified atom stereocenters. The summed E-state index contributed by atoms with van der Waals surface area (Å²) in [6, 6.07) is 25.7. The Kier molecular flexibility index (Phi) is 8.69. The van der Waals surface area contributed by atoms with Crippen LogP contribution in [0.3, 0.4) is 0 Å². The quantitative estimate of drug-likeness (QED) is 0.141. The predicted molar refractivity (Wildman–Crippen MR) is 167 cm³/mol. The number of aliphatic hydroxyl groups excluding tert-OH is 1. The molecule has 4 aromatic carbocycles. The van der Waals surface area contributed by atoms with Crippen LogP contribution in [0, 0.1) is 6.92 Å². The summed E-state index contributed by atoms with van der Waals surface area (Å²) in [5.41, 5.74) is 4.34. The number of sulfonamides is 1. The second kappa shape index (κ2) is 12.8. The number of anilines is 5. The van der Waals surface area contributed by atoms with Crippen molar-refractivity contribution in [3.63, 3.8) is 0 Å². The number of rotatable bonds is 11. The van der Waals surface area contributed by atoms with Crippen LogP contribution in [-0.4, -0.2) is 43.1 Å². The molecule has 0 aliphatic rings. The van der Waals surface area contributed by atoms with E-state index in [9.17, 15) is 18.3 Å². The molecule has 0 aliphatic heterocycles. The molecule has 43 heavy (non-hydrogen) atoms. The largest absolute Gasteiger partial charge is 0.497 e. The van der Waals surface area contributed by atoms with Gasteiger partial charge in [-0.05, 0) is 67.1 Å². The van der Waals surface area contributed by atoms with Crippen LogP contribution in [0.15, 0.2) is 95.9 Å². The highest BCUT2D eigenvalue weighted by Crippen LogP contribution is 2.30. The van der Waals surface area contributed by atoms with Crippen LogP contribution in [0.4, 0.5) is 28.7 Å². The lowest BCUT2D eigenvalue weighted by atomic mass is 10.2. The molecule has 0 aliphatic carbocycles. The highest BCUT2D eigenvalue weighted by Gasteiger charge is 2.20. The second-order valence-corrected chi connectivity index (χ2v) is 11.3. The Labute approximate surface area is 249 Å². The molecule has 0 spiro atoms. The van der Waals surface area contributed by atoms with Crippen molar-refractivity contribution in [2.45, 2.75) is 18.4 Å². The van der Waals surface area contributed by atoms with Gasteiger partial charge in [0.05, 0.1) is 36.2 Å². The lowest BCUT2D eigenvalue weighted by Crippen LogP contribution is -2.22. The van der Waals surface area contributed by atoms with Crippen LogP contribution in [0.5, 0.6) is 5.75 Å². The highest BCUT2D eigenvalue weighted by molar-refractivity contribution is 7.92. The number of nitrogens with one attached hydrogen (secondary N) is 4. The van der Waals surface area contributed by atoms with E-state index in [1.807, 2.05) is 31.2 Å². The van der Waals surface area contributed by atoms with E-state index in [4.69, 9.17) is 4.74 Å². The topological polar surface area (TPSA) is 155 Å². The zero-order chi connectivity index (χ0) is 30.4. The number of aromatic nitrogens is 2. The van der Waals surface area contributed by atoms with Crippen LogP contribution < -0.4 is 25.4 Å². The number of hydrogen-bond donors (Lipinski definition) is 5. The Hall–Kier alpha value is -5.20. The van der Waals surface area contributed by atoms with Crippen molar-refractivity contribution in [3.05, 3.63) is 102 Å². The third-order valence-corrected chi connectivity index (χ3v) is 7.72. The maximum atomic E-state index is 13.5. The fourth-order valence-corrected chi connectivity index (χ4v) is 5.28. The van der Waals surface area contributed by atoms with Gasteiger partial charge in [0.15, 0.2) is 11.6 Å². The van der Waals surface area contributed by atoms with Crippen molar-refractivity contribution >= 4 is 55.7 Å². The van der Waals surface area contributed by atoms with Gasteiger partial charge < -0.3 is 25.8 Å². The molecule has 5 rings (SSSR count). The Morgan fingerprint density at radius 3 is 2.26 bits per heavy atom. The summed E-state index contributed by atoms with van der Waals surface area (Å²) in [4.78, 5) is 21.6. The molecule has 0 saturated carbocycles. The number of methoxy groups -OCH3 is 1. The molecule has 0 atom stereocenters. The molecular formula is C31H30N6O5S. The van der Waals surface area contributed by atoms with E-state index < -0.39 is 10.0 Å². The van der Waals surface area contributed by atoms with Gasteiger partial charge in [-0.2, -0.15) is 0 Å². The molecule has 0 bridgehead atoms. The Morgan fingerprint density at radius 1 is 0.837 bits per heavy atom. The van der Waals surface area contributed by atoms with Crippen LogP contribution in [0.25, 0.3) is 11.0 Å². The Morgan fingerprint density at radius 2 is 1.56 bits per heavy atom. The van der Waals surface area contributed by atoms with E-state index in [1.165, 1.54) is 25.3 Å². The number of para-hydroxylation sites is 2. The summed E-state index contributed by atoms with van der Waals surface area (Å²) in [5.74, 6) is 0.267. The molecule has 0 saturated heterocycles. The third kappa shape index (κ3) is 7.36. The van der Waals surface area contributed by atoms with E-state index in [-0.39, 0.29) is 35.6 Å². The molecule has 0 fully saturated rings. The van der Waals surface area contributed by atoms with E-state index in [0.29, 0.717) is 33.7 Å². The Balaban J connectivity index is 1.38. The van der Waals surface area contributed by atoms with Crippen molar-refractivity contribution in [1.82, 2.24) is 9.97 Å². The fraction of sp³-hybridized carbons (Fsp3) is 0.129. The summed E-state index contributed by atoms with van der Waals surface area (Å²) in [7, 11) is -2.66. The number of aliphatic hydroxyl groups is 1. The van der Waals surface area contributed by atoms with Crippen LogP contribution >= 0.6 is 0 Å². The summed E-state index contributed by atoms with van der Waals surface area (Å²) < 4.78 is 34.9. The number of carbonyl (C=O) groups is 1. The van der Waals surface area contributed by atoms with Gasteiger partial charge in [-0.3, -0.25) is 9.52 Å². The molecule has 1 amide bonds. The molecule has 1 aromatic heterocycles. The minimum Gasteiger partial charge on any atom is -0.497 e. The van der Waals surface area contributed by atoms with Gasteiger partial charge in [0.25, 0.3) is 10.0 Å². The van der Waals surface area contributed by atoms with E-state index in [0.717, 1.165) is 11.3 Å². The first-order valence-electron chi connectivity index (χ1n) is 13.3. The van der Waals surface area contributed by atoms with Crippen molar-refractivity contribution in [2.24, 2.45) is 0 Å². The average Bonchev–Trinajstić information content (AvgIpc) is 3.01. The van der Waals surface area contributed by atoms with E-state index >= 15 is 0 Å². The van der Waals surface area contributed by atoms with Crippen molar-refractivity contribution in [1.29, 1.82) is 0 Å². The van der Waals surface area contributed by atoms with Gasteiger partial charge in [0.1, 0.15) is 5.75 Å². The standard InChI is InChI=1S/C31H30N6O5S/c1-20-10-12-22(13-11-20)32-18-29(39)33-23-6-5-7-26(17-23)43(40,41)37-31-30(35-27-8-3-4-9-28(27)36-31)34-24-14-21(19-38)15-25(16-24)42-2/h3-17,32,38H,18-19H2,1-2H3,(H,33,39)(H,34,35)(H,36,37). The van der Waals surface area contributed by atoms with E-state index in [2.05, 4.69) is 30.6 Å². The van der Waals surface area contributed by atoms with Crippen molar-refractivity contribution < 1.29 is 23.1 Å². The van der Waals surface area contributed by atoms with Gasteiger partial charge in [0.2, 0.25) is 5.91 Å². The van der Waals surface area contributed by atoms with Gasteiger partial charge in [-0.15, -0.1) is 0 Å². The molecule has 5 aromatic rings. The van der Waals surface area contributed by atoms with Crippen LogP contribution in [-0.2, 0) is 21.4 Å². The Bertz CT molecular complexity index is 1860. The predicted octanol–water partition coefficient (Wildman–Crippen LogP) is 5.03. The summed E-state index contributed by atoms with van der Waals surface area (Å²) in [5, 5.41) is 18.5. The van der Waals surface area contributed by atoms with E-state index in [1.54, 1.807) is 48.5 Å². The first kappa shape index (κ1) is 29.3. The number of benzene rings is 4. The number of aryl methyl sites for hydroxylation is 1. The number of ether oxygens (including phenoxy) is 1. The number of amides is 1. The maximum absolute atomic E-state index is 13.5. The number of nitrogens with zero attached hydrogens (tertiary/aromatic N) is 2. The summed E-state index contributed by atoms with van der Waals surface area (Å²) >= 11 is 0. The number of carbonyl (C=O) groups excluding carboxylic acids is 1. The number of hydrogen-bond acceptors (Lipinski definition) is 9. The molecule has 5 N–H and O–H groups in total. The first-order chi connectivity index (χ1) is 20.7. The monoisotopic (exact) mass is 598 g/mol. The fourth-order valence-electron chi connectivity index (χ4n) is 4.22. The second-order valence-electron chi connectivity index (χ2n) is 9.66. The lowest BCUT2D eigenvalue weighted by molar-refractivity contribution is -0.114. The van der Waals surface area contributed by atoms with Gasteiger partial charge in [-0.25, -0.2) is 18.4 Å². The first-order valence-corrected chi connectivity index (χ1v) is 14.8. The minimum atomic E-state index is -4.16. The lowest BCUT2D eigenvalue weighted by Gasteiger charge is -2.15.